The average Bonchev–Trinajstić information content (AvgIpc) is 2.81. The third kappa shape index (κ3) is 3.31. The maximum absolute atomic E-state index is 9.73. The molecule has 4 nitrogen and oxygen atoms in total. The van der Waals surface area contributed by atoms with Gasteiger partial charge >= 0.3 is 0 Å². The summed E-state index contributed by atoms with van der Waals surface area (Å²) in [5.41, 5.74) is 1.04. The summed E-state index contributed by atoms with van der Waals surface area (Å²) in [6.45, 7) is 2.00. The second-order valence-electron chi connectivity index (χ2n) is 4.15. The quantitative estimate of drug-likeness (QED) is 0.903. The molecule has 0 aliphatic heterocycles. The number of hydrogen-bond donors (Lipinski definition) is 1. The highest BCUT2D eigenvalue weighted by Crippen LogP contribution is 2.17. The number of hydrogen-bond acceptors (Lipinski definition) is 4. The number of aliphatic hydroxyl groups excluding tert-OH is 1. The number of nitrogens with zero attached hydrogens (tertiary/aromatic N) is 2. The van der Waals surface area contributed by atoms with E-state index in [-0.39, 0.29) is 0 Å². The van der Waals surface area contributed by atoms with Gasteiger partial charge in [-0.25, -0.2) is 0 Å². The molecule has 0 saturated heterocycles. The standard InChI is InChI=1S/C13H15ClN2O2/c1-2-3-11(17)13-15-12(18-16-13)8-9-4-6-10(14)7-5-9/h4-7,11,17H,2-3,8H2,1H3. The van der Waals surface area contributed by atoms with E-state index in [1.54, 1.807) is 0 Å². The van der Waals surface area contributed by atoms with Crippen LogP contribution in [-0.2, 0) is 6.42 Å². The topological polar surface area (TPSA) is 59.2 Å². The summed E-state index contributed by atoms with van der Waals surface area (Å²) < 4.78 is 5.11. The van der Waals surface area contributed by atoms with E-state index in [4.69, 9.17) is 16.1 Å². The van der Waals surface area contributed by atoms with Crippen molar-refractivity contribution in [1.29, 1.82) is 0 Å². The number of aromatic nitrogens is 2. The lowest BCUT2D eigenvalue weighted by atomic mass is 10.1. The monoisotopic (exact) mass is 266 g/mol. The Morgan fingerprint density at radius 3 is 2.72 bits per heavy atom. The second-order valence-corrected chi connectivity index (χ2v) is 4.59. The van der Waals surface area contributed by atoms with Crippen molar-refractivity contribution >= 4 is 11.6 Å². The summed E-state index contributed by atoms with van der Waals surface area (Å²) in [4.78, 5) is 4.19. The van der Waals surface area contributed by atoms with Crippen LogP contribution in [0.5, 0.6) is 0 Å². The van der Waals surface area contributed by atoms with Crippen molar-refractivity contribution in [2.45, 2.75) is 32.3 Å². The van der Waals surface area contributed by atoms with Crippen LogP contribution in [0.15, 0.2) is 28.8 Å². The largest absolute Gasteiger partial charge is 0.385 e. The van der Waals surface area contributed by atoms with Crippen LogP contribution in [0, 0.1) is 0 Å². The molecule has 1 aromatic carbocycles. The first-order valence-electron chi connectivity index (χ1n) is 5.94. The zero-order valence-corrected chi connectivity index (χ0v) is 10.9. The van der Waals surface area contributed by atoms with Crippen molar-refractivity contribution in [3.05, 3.63) is 46.6 Å². The highest BCUT2D eigenvalue weighted by Gasteiger charge is 2.14. The van der Waals surface area contributed by atoms with Crippen LogP contribution >= 0.6 is 11.6 Å². The van der Waals surface area contributed by atoms with Crippen LogP contribution in [-0.4, -0.2) is 15.2 Å². The Hall–Kier alpha value is -1.39. The molecule has 2 rings (SSSR count). The average molecular weight is 267 g/mol. The molecule has 0 bridgehead atoms. The van der Waals surface area contributed by atoms with Crippen LogP contribution in [0.25, 0.3) is 0 Å². The van der Waals surface area contributed by atoms with E-state index in [0.29, 0.717) is 29.6 Å². The predicted octanol–water partition coefficient (Wildman–Crippen LogP) is 3.15. The Kier molecular flexibility index (Phi) is 4.33. The van der Waals surface area contributed by atoms with Crippen LogP contribution < -0.4 is 0 Å². The number of rotatable bonds is 5. The van der Waals surface area contributed by atoms with Crippen molar-refractivity contribution < 1.29 is 9.63 Å². The first-order chi connectivity index (χ1) is 8.69. The molecule has 1 atom stereocenters. The molecule has 0 fully saturated rings. The molecule has 5 heteroatoms. The van der Waals surface area contributed by atoms with Gasteiger partial charge < -0.3 is 9.63 Å². The van der Waals surface area contributed by atoms with Crippen LogP contribution in [0.2, 0.25) is 5.02 Å². The summed E-state index contributed by atoms with van der Waals surface area (Å²) in [5, 5.41) is 14.2. The lowest BCUT2D eigenvalue weighted by Crippen LogP contribution is -1.99. The van der Waals surface area contributed by atoms with Gasteiger partial charge in [0.15, 0.2) is 5.82 Å². The van der Waals surface area contributed by atoms with E-state index in [1.807, 2.05) is 31.2 Å². The van der Waals surface area contributed by atoms with Gasteiger partial charge in [0.05, 0.1) is 6.42 Å². The molecule has 0 spiro atoms. The smallest absolute Gasteiger partial charge is 0.231 e. The van der Waals surface area contributed by atoms with Gasteiger partial charge in [0.25, 0.3) is 0 Å². The van der Waals surface area contributed by atoms with Crippen molar-refractivity contribution in [2.75, 3.05) is 0 Å². The number of halogens is 1. The summed E-state index contributed by atoms with van der Waals surface area (Å²) >= 11 is 5.81. The molecule has 1 heterocycles. The predicted molar refractivity (Wildman–Crippen MR) is 68.4 cm³/mol. The Labute approximate surface area is 111 Å². The zero-order chi connectivity index (χ0) is 13.0. The van der Waals surface area contributed by atoms with E-state index in [9.17, 15) is 5.11 Å². The fraction of sp³-hybridized carbons (Fsp3) is 0.385. The Balaban J connectivity index is 2.04. The van der Waals surface area contributed by atoms with Gasteiger partial charge in [-0.2, -0.15) is 4.98 Å². The van der Waals surface area contributed by atoms with E-state index in [1.165, 1.54) is 0 Å². The SMILES string of the molecule is CCCC(O)c1noc(Cc2ccc(Cl)cc2)n1. The fourth-order valence-electron chi connectivity index (χ4n) is 1.65. The molecule has 0 aliphatic carbocycles. The van der Waals surface area contributed by atoms with Crippen molar-refractivity contribution in [1.82, 2.24) is 10.1 Å². The van der Waals surface area contributed by atoms with Gasteiger partial charge in [0.1, 0.15) is 6.10 Å². The number of aliphatic hydroxyl groups is 1. The van der Waals surface area contributed by atoms with Gasteiger partial charge in [-0.3, -0.25) is 0 Å². The molecule has 0 aliphatic rings. The fourth-order valence-corrected chi connectivity index (χ4v) is 1.78. The van der Waals surface area contributed by atoms with Crippen molar-refractivity contribution in [3.8, 4) is 0 Å². The van der Waals surface area contributed by atoms with Gasteiger partial charge in [-0.05, 0) is 24.1 Å². The molecule has 2 aromatic rings. The highest BCUT2D eigenvalue weighted by molar-refractivity contribution is 6.30. The van der Waals surface area contributed by atoms with Crippen LogP contribution in [0.3, 0.4) is 0 Å². The third-order valence-corrected chi connectivity index (χ3v) is 2.86. The minimum absolute atomic E-state index is 0.362. The lowest BCUT2D eigenvalue weighted by molar-refractivity contribution is 0.153. The lowest BCUT2D eigenvalue weighted by Gasteiger charge is -2.01. The minimum atomic E-state index is -0.641. The van der Waals surface area contributed by atoms with E-state index < -0.39 is 6.10 Å². The molecular weight excluding hydrogens is 252 g/mol. The first kappa shape index (κ1) is 13.1. The Morgan fingerprint density at radius 1 is 1.33 bits per heavy atom. The molecule has 1 unspecified atom stereocenters. The molecule has 0 radical (unpaired) electrons. The van der Waals surface area contributed by atoms with Crippen LogP contribution in [0.1, 0.15) is 43.1 Å². The van der Waals surface area contributed by atoms with E-state index in [2.05, 4.69) is 10.1 Å². The number of benzene rings is 1. The Morgan fingerprint density at radius 2 is 2.06 bits per heavy atom. The minimum Gasteiger partial charge on any atom is -0.385 e. The third-order valence-electron chi connectivity index (χ3n) is 2.61. The molecule has 1 aromatic heterocycles. The zero-order valence-electron chi connectivity index (χ0n) is 10.1. The normalized spacial score (nSPS) is 12.6. The van der Waals surface area contributed by atoms with Crippen molar-refractivity contribution in [3.63, 3.8) is 0 Å². The molecule has 1 N–H and O–H groups in total. The maximum atomic E-state index is 9.73. The van der Waals surface area contributed by atoms with E-state index in [0.717, 1.165) is 12.0 Å². The van der Waals surface area contributed by atoms with E-state index >= 15 is 0 Å². The van der Waals surface area contributed by atoms with Crippen LogP contribution in [0.4, 0.5) is 0 Å². The summed E-state index contributed by atoms with van der Waals surface area (Å²) in [5.74, 6) is 0.864. The maximum Gasteiger partial charge on any atom is 0.231 e. The first-order valence-corrected chi connectivity index (χ1v) is 6.32. The summed E-state index contributed by atoms with van der Waals surface area (Å²) in [6.07, 6.45) is 1.42. The Bertz CT molecular complexity index is 496. The highest BCUT2D eigenvalue weighted by atomic mass is 35.5. The van der Waals surface area contributed by atoms with Gasteiger partial charge in [-0.15, -0.1) is 0 Å². The van der Waals surface area contributed by atoms with Gasteiger partial charge in [0.2, 0.25) is 5.89 Å². The molecule has 96 valence electrons. The van der Waals surface area contributed by atoms with Gasteiger partial charge in [-0.1, -0.05) is 42.2 Å². The van der Waals surface area contributed by atoms with Gasteiger partial charge in [0, 0.05) is 5.02 Å². The summed E-state index contributed by atoms with van der Waals surface area (Å²) in [7, 11) is 0. The molecule has 0 amide bonds. The molecule has 0 saturated carbocycles. The summed E-state index contributed by atoms with van der Waals surface area (Å²) in [6, 6.07) is 7.46. The molecule has 18 heavy (non-hydrogen) atoms. The second kappa shape index (κ2) is 5.98. The van der Waals surface area contributed by atoms with Crippen molar-refractivity contribution in [2.24, 2.45) is 0 Å². The molecular formula is C13H15ClN2O2.